The number of carbonyl (C=O) groups excluding carboxylic acids is 2. The van der Waals surface area contributed by atoms with Crippen LogP contribution in [0.3, 0.4) is 0 Å². The summed E-state index contributed by atoms with van der Waals surface area (Å²) >= 11 is 0. The number of nitrogens with one attached hydrogen (secondary N) is 3. The van der Waals surface area contributed by atoms with Gasteiger partial charge in [0, 0.05) is 24.8 Å². The van der Waals surface area contributed by atoms with Crippen LogP contribution in [0.4, 0.5) is 10.5 Å². The van der Waals surface area contributed by atoms with Crippen LogP contribution in [0.15, 0.2) is 18.2 Å². The minimum Gasteiger partial charge on any atom is -0.355 e. The summed E-state index contributed by atoms with van der Waals surface area (Å²) in [7, 11) is 1.59. The Balaban J connectivity index is 2.74. The number of hydrogen-bond donors (Lipinski definition) is 3. The molecule has 1 aromatic carbocycles. The van der Waals surface area contributed by atoms with Crippen molar-refractivity contribution in [2.24, 2.45) is 0 Å². The summed E-state index contributed by atoms with van der Waals surface area (Å²) in [5.74, 6) is -0.139. The molecule has 3 amide bonds. The molecule has 0 saturated heterocycles. The number of aryl methyl sites for hydroxylation is 1. The first-order chi connectivity index (χ1) is 8.58. The van der Waals surface area contributed by atoms with Crippen LogP contribution in [0.5, 0.6) is 0 Å². The molecule has 5 nitrogen and oxygen atoms in total. The molecule has 1 rings (SSSR count). The van der Waals surface area contributed by atoms with E-state index in [9.17, 15) is 9.59 Å². The van der Waals surface area contributed by atoms with Crippen molar-refractivity contribution in [2.75, 3.05) is 18.9 Å². The summed E-state index contributed by atoms with van der Waals surface area (Å²) in [5.41, 5.74) is 2.13. The Morgan fingerprint density at radius 3 is 2.56 bits per heavy atom. The molecular formula is C13H19N3O2. The third-order valence-electron chi connectivity index (χ3n) is 2.50. The van der Waals surface area contributed by atoms with Gasteiger partial charge in [0.15, 0.2) is 0 Å². The summed E-state index contributed by atoms with van der Waals surface area (Å²) in [5, 5.41) is 8.03. The van der Waals surface area contributed by atoms with E-state index in [0.717, 1.165) is 12.0 Å². The highest BCUT2D eigenvalue weighted by Crippen LogP contribution is 2.16. The summed E-state index contributed by atoms with van der Waals surface area (Å²) in [6, 6.07) is 4.92. The van der Waals surface area contributed by atoms with E-state index in [0.29, 0.717) is 17.8 Å². The molecule has 0 aliphatic heterocycles. The van der Waals surface area contributed by atoms with Crippen LogP contribution in [0.25, 0.3) is 0 Å². The maximum Gasteiger partial charge on any atom is 0.319 e. The van der Waals surface area contributed by atoms with Crippen molar-refractivity contribution in [3.8, 4) is 0 Å². The highest BCUT2D eigenvalue weighted by atomic mass is 16.2. The number of hydrogen-bond acceptors (Lipinski definition) is 2. The minimum absolute atomic E-state index is 0.139. The number of rotatable bonds is 4. The van der Waals surface area contributed by atoms with Gasteiger partial charge in [0.2, 0.25) is 0 Å². The highest BCUT2D eigenvalue weighted by Gasteiger charge is 2.07. The van der Waals surface area contributed by atoms with Gasteiger partial charge in [0.25, 0.3) is 5.91 Å². The van der Waals surface area contributed by atoms with Gasteiger partial charge in [0.05, 0.1) is 0 Å². The largest absolute Gasteiger partial charge is 0.355 e. The van der Waals surface area contributed by atoms with E-state index in [2.05, 4.69) is 16.0 Å². The molecule has 98 valence electrons. The standard InChI is InChI=1S/C13H19N3O2/c1-4-7-15-13(18)16-11-6-5-10(8-9(11)2)12(17)14-3/h5-6,8H,4,7H2,1-3H3,(H,14,17)(H2,15,16,18). The molecule has 0 aliphatic carbocycles. The second-order valence-electron chi connectivity index (χ2n) is 3.99. The lowest BCUT2D eigenvalue weighted by Crippen LogP contribution is -2.29. The SMILES string of the molecule is CCCNC(=O)Nc1ccc(C(=O)NC)cc1C. The van der Waals surface area contributed by atoms with Gasteiger partial charge in [-0.2, -0.15) is 0 Å². The average molecular weight is 249 g/mol. The van der Waals surface area contributed by atoms with Crippen molar-refractivity contribution in [2.45, 2.75) is 20.3 Å². The Kier molecular flexibility index (Phi) is 5.17. The van der Waals surface area contributed by atoms with E-state index in [-0.39, 0.29) is 11.9 Å². The zero-order valence-corrected chi connectivity index (χ0v) is 11.0. The molecule has 0 spiro atoms. The predicted molar refractivity (Wildman–Crippen MR) is 71.9 cm³/mol. The van der Waals surface area contributed by atoms with Gasteiger partial charge < -0.3 is 16.0 Å². The van der Waals surface area contributed by atoms with Gasteiger partial charge in [-0.1, -0.05) is 6.92 Å². The predicted octanol–water partition coefficient (Wildman–Crippen LogP) is 1.89. The van der Waals surface area contributed by atoms with E-state index >= 15 is 0 Å². The van der Waals surface area contributed by atoms with E-state index in [1.165, 1.54) is 0 Å². The monoisotopic (exact) mass is 249 g/mol. The van der Waals surface area contributed by atoms with Crippen LogP contribution in [0.2, 0.25) is 0 Å². The van der Waals surface area contributed by atoms with Crippen LogP contribution in [-0.4, -0.2) is 25.5 Å². The molecule has 0 unspecified atom stereocenters. The van der Waals surface area contributed by atoms with Crippen molar-refractivity contribution < 1.29 is 9.59 Å². The lowest BCUT2D eigenvalue weighted by Gasteiger charge is -2.10. The first-order valence-electron chi connectivity index (χ1n) is 5.96. The van der Waals surface area contributed by atoms with Crippen molar-refractivity contribution in [1.82, 2.24) is 10.6 Å². The lowest BCUT2D eigenvalue weighted by atomic mass is 10.1. The molecule has 0 atom stereocenters. The van der Waals surface area contributed by atoms with Crippen LogP contribution < -0.4 is 16.0 Å². The molecule has 0 aromatic heterocycles. The molecular weight excluding hydrogens is 230 g/mol. The first-order valence-corrected chi connectivity index (χ1v) is 5.96. The first kappa shape index (κ1) is 14.0. The molecule has 0 fully saturated rings. The molecule has 1 aromatic rings. The molecule has 5 heteroatoms. The van der Waals surface area contributed by atoms with Crippen molar-refractivity contribution in [3.05, 3.63) is 29.3 Å². The zero-order valence-electron chi connectivity index (χ0n) is 11.0. The van der Waals surface area contributed by atoms with Gasteiger partial charge in [-0.05, 0) is 37.1 Å². The molecule has 3 N–H and O–H groups in total. The molecule has 0 heterocycles. The zero-order chi connectivity index (χ0) is 13.5. The van der Waals surface area contributed by atoms with Crippen LogP contribution in [0, 0.1) is 6.92 Å². The summed E-state index contributed by atoms with van der Waals surface area (Å²) in [6.07, 6.45) is 0.891. The third kappa shape index (κ3) is 3.76. The summed E-state index contributed by atoms with van der Waals surface area (Å²) in [4.78, 5) is 22.9. The van der Waals surface area contributed by atoms with Gasteiger partial charge in [-0.25, -0.2) is 4.79 Å². The lowest BCUT2D eigenvalue weighted by molar-refractivity contribution is 0.0963. The minimum atomic E-state index is -0.229. The van der Waals surface area contributed by atoms with Crippen molar-refractivity contribution in [3.63, 3.8) is 0 Å². The van der Waals surface area contributed by atoms with Crippen LogP contribution in [0.1, 0.15) is 29.3 Å². The summed E-state index contributed by atoms with van der Waals surface area (Å²) < 4.78 is 0. The smallest absolute Gasteiger partial charge is 0.319 e. The number of anilines is 1. The molecule has 0 aliphatic rings. The number of urea groups is 1. The highest BCUT2D eigenvalue weighted by molar-refractivity contribution is 5.96. The van der Waals surface area contributed by atoms with Gasteiger partial charge >= 0.3 is 6.03 Å². The van der Waals surface area contributed by atoms with Gasteiger partial charge in [-0.3, -0.25) is 4.79 Å². The molecule has 0 radical (unpaired) electrons. The Labute approximate surface area is 107 Å². The molecule has 0 bridgehead atoms. The Morgan fingerprint density at radius 1 is 1.28 bits per heavy atom. The van der Waals surface area contributed by atoms with E-state index in [4.69, 9.17) is 0 Å². The fourth-order valence-electron chi connectivity index (χ4n) is 1.49. The second-order valence-corrected chi connectivity index (χ2v) is 3.99. The fraction of sp³-hybridized carbons (Fsp3) is 0.385. The molecule has 18 heavy (non-hydrogen) atoms. The fourth-order valence-corrected chi connectivity index (χ4v) is 1.49. The van der Waals surface area contributed by atoms with Gasteiger partial charge in [-0.15, -0.1) is 0 Å². The Morgan fingerprint density at radius 2 is 2.00 bits per heavy atom. The van der Waals surface area contributed by atoms with Gasteiger partial charge in [0.1, 0.15) is 0 Å². The number of carbonyl (C=O) groups is 2. The van der Waals surface area contributed by atoms with Crippen LogP contribution in [-0.2, 0) is 0 Å². The topological polar surface area (TPSA) is 70.2 Å². The maximum atomic E-state index is 11.5. The molecule has 0 saturated carbocycles. The normalized spacial score (nSPS) is 9.72. The average Bonchev–Trinajstić information content (AvgIpc) is 2.37. The number of amides is 3. The van der Waals surface area contributed by atoms with Crippen molar-refractivity contribution in [1.29, 1.82) is 0 Å². The Hall–Kier alpha value is -2.04. The quantitative estimate of drug-likeness (QED) is 0.762. The van der Waals surface area contributed by atoms with E-state index in [1.807, 2.05) is 13.8 Å². The number of benzene rings is 1. The van der Waals surface area contributed by atoms with Crippen LogP contribution >= 0.6 is 0 Å². The Bertz CT molecular complexity index is 444. The maximum absolute atomic E-state index is 11.5. The third-order valence-corrected chi connectivity index (χ3v) is 2.50. The van der Waals surface area contributed by atoms with Crippen molar-refractivity contribution >= 4 is 17.6 Å². The van der Waals surface area contributed by atoms with E-state index in [1.54, 1.807) is 25.2 Å². The van der Waals surface area contributed by atoms with E-state index < -0.39 is 0 Å². The summed E-state index contributed by atoms with van der Waals surface area (Å²) in [6.45, 7) is 4.48. The second kappa shape index (κ2) is 6.64.